The Bertz CT molecular complexity index is 3380. The number of halogens is 1. The van der Waals surface area contributed by atoms with Gasteiger partial charge in [-0.25, -0.2) is 4.39 Å². The van der Waals surface area contributed by atoms with E-state index >= 15 is 4.39 Å². The van der Waals surface area contributed by atoms with Crippen LogP contribution in [0, 0.1) is 12.7 Å². The van der Waals surface area contributed by atoms with E-state index in [-0.39, 0.29) is 5.82 Å². The Balaban J connectivity index is 1.13. The molecule has 0 unspecified atom stereocenters. The van der Waals surface area contributed by atoms with Crippen LogP contribution in [0.1, 0.15) is 5.56 Å². The summed E-state index contributed by atoms with van der Waals surface area (Å²) in [6.07, 6.45) is 0. The maximum Gasteiger partial charge on any atom is 0.123 e. The molecule has 11 aromatic carbocycles. The fraction of sp³-hybridized carbons (Fsp3) is 0.0175. The molecule has 0 N–H and O–H groups in total. The van der Waals surface area contributed by atoms with Crippen molar-refractivity contribution >= 4 is 53.9 Å². The number of hydrogen-bond donors (Lipinski definition) is 0. The highest BCUT2D eigenvalue weighted by Crippen LogP contribution is 2.47. The van der Waals surface area contributed by atoms with Crippen molar-refractivity contribution in [3.05, 3.63) is 218 Å². The standard InChI is InChI=1S/C57H37F/c1-36-19-21-38(22-20-36)43-29-31-50-52(34-43)56(39-12-3-2-4-13-39)48-17-9-7-15-46(48)54(50)40-24-26-41(27-25-40)55-47-16-8-10-18-49(47)57(53-35-45(58)30-32-51(53)55)44-28-23-37-11-5-6-14-42(37)33-44/h2-35H,1H3. The first-order valence-electron chi connectivity index (χ1n) is 19.9. The molecule has 0 aromatic heterocycles. The lowest BCUT2D eigenvalue weighted by molar-refractivity contribution is 0.630. The lowest BCUT2D eigenvalue weighted by Crippen LogP contribution is -1.93. The van der Waals surface area contributed by atoms with Gasteiger partial charge >= 0.3 is 0 Å². The molecule has 0 aliphatic carbocycles. The van der Waals surface area contributed by atoms with Crippen molar-refractivity contribution in [3.63, 3.8) is 0 Å². The summed E-state index contributed by atoms with van der Waals surface area (Å²) in [5, 5.41) is 11.4. The minimum Gasteiger partial charge on any atom is -0.207 e. The molecule has 0 radical (unpaired) electrons. The third kappa shape index (κ3) is 5.58. The van der Waals surface area contributed by atoms with Crippen molar-refractivity contribution in [2.45, 2.75) is 6.92 Å². The number of benzene rings is 11. The molecule has 11 aromatic rings. The third-order valence-electron chi connectivity index (χ3n) is 12.0. The van der Waals surface area contributed by atoms with E-state index in [0.29, 0.717) is 0 Å². The molecule has 0 aliphatic rings. The highest BCUT2D eigenvalue weighted by Gasteiger charge is 2.20. The van der Waals surface area contributed by atoms with Crippen LogP contribution >= 0.6 is 0 Å². The van der Waals surface area contributed by atoms with Gasteiger partial charge < -0.3 is 0 Å². The molecule has 0 heterocycles. The summed E-state index contributed by atoms with van der Waals surface area (Å²) in [6.45, 7) is 2.13. The summed E-state index contributed by atoms with van der Waals surface area (Å²) in [6, 6.07) is 73.3. The molecule has 0 aliphatic heterocycles. The van der Waals surface area contributed by atoms with Gasteiger partial charge in [0.1, 0.15) is 5.82 Å². The van der Waals surface area contributed by atoms with Crippen molar-refractivity contribution in [1.29, 1.82) is 0 Å². The Morgan fingerprint density at radius 1 is 0.259 bits per heavy atom. The predicted molar refractivity (Wildman–Crippen MR) is 246 cm³/mol. The van der Waals surface area contributed by atoms with Crippen molar-refractivity contribution in [2.75, 3.05) is 0 Å². The monoisotopic (exact) mass is 740 g/mol. The lowest BCUT2D eigenvalue weighted by Gasteiger charge is -2.20. The molecule has 0 saturated carbocycles. The number of rotatable bonds is 5. The van der Waals surface area contributed by atoms with E-state index in [1.165, 1.54) is 60.3 Å². The molecule has 58 heavy (non-hydrogen) atoms. The average molecular weight is 741 g/mol. The van der Waals surface area contributed by atoms with Crippen molar-refractivity contribution in [3.8, 4) is 55.6 Å². The minimum atomic E-state index is -0.241. The summed E-state index contributed by atoms with van der Waals surface area (Å²) < 4.78 is 15.3. The van der Waals surface area contributed by atoms with Crippen molar-refractivity contribution < 1.29 is 4.39 Å². The van der Waals surface area contributed by atoms with Gasteiger partial charge in [0.2, 0.25) is 0 Å². The largest absolute Gasteiger partial charge is 0.207 e. The Hall–Kier alpha value is -7.35. The maximum atomic E-state index is 15.3. The fourth-order valence-corrected chi connectivity index (χ4v) is 9.25. The van der Waals surface area contributed by atoms with Gasteiger partial charge in [-0.15, -0.1) is 0 Å². The molecule has 0 saturated heterocycles. The zero-order valence-electron chi connectivity index (χ0n) is 32.0. The summed E-state index contributed by atoms with van der Waals surface area (Å²) in [5.74, 6) is -0.241. The number of fused-ring (bicyclic) bond motifs is 5. The van der Waals surface area contributed by atoms with Crippen LogP contribution in [0.2, 0.25) is 0 Å². The molecule has 1 heteroatoms. The van der Waals surface area contributed by atoms with Gasteiger partial charge in [-0.1, -0.05) is 188 Å². The van der Waals surface area contributed by atoms with Gasteiger partial charge in [-0.05, 0) is 141 Å². The molecular formula is C57H37F. The Kier molecular flexibility index (Phi) is 8.01. The second-order valence-corrected chi connectivity index (χ2v) is 15.4. The van der Waals surface area contributed by atoms with Gasteiger partial charge in [-0.3, -0.25) is 0 Å². The fourth-order valence-electron chi connectivity index (χ4n) is 9.25. The van der Waals surface area contributed by atoms with Gasteiger partial charge in [0.25, 0.3) is 0 Å². The predicted octanol–water partition coefficient (Wildman–Crippen LogP) is 16.2. The Morgan fingerprint density at radius 3 is 1.29 bits per heavy atom. The van der Waals surface area contributed by atoms with Gasteiger partial charge in [0, 0.05) is 0 Å². The third-order valence-corrected chi connectivity index (χ3v) is 12.0. The topological polar surface area (TPSA) is 0 Å². The van der Waals surface area contributed by atoms with Gasteiger partial charge in [0.15, 0.2) is 0 Å². The summed E-state index contributed by atoms with van der Waals surface area (Å²) in [7, 11) is 0. The van der Waals surface area contributed by atoms with E-state index in [9.17, 15) is 0 Å². The van der Waals surface area contributed by atoms with E-state index in [1.807, 2.05) is 6.07 Å². The first-order chi connectivity index (χ1) is 28.6. The molecule has 0 atom stereocenters. The van der Waals surface area contributed by atoms with Crippen LogP contribution in [0.15, 0.2) is 206 Å². The molecule has 0 bridgehead atoms. The number of hydrogen-bond acceptors (Lipinski definition) is 0. The SMILES string of the molecule is Cc1ccc(-c2ccc3c(-c4ccc(-c5c6ccccc6c(-c6ccc7ccccc7c6)c6cc(F)ccc56)cc4)c4ccccc4c(-c4ccccc4)c3c2)cc1. The molecule has 0 spiro atoms. The molecule has 0 nitrogen and oxygen atoms in total. The van der Waals surface area contributed by atoms with E-state index < -0.39 is 0 Å². The van der Waals surface area contributed by atoms with E-state index in [0.717, 1.165) is 54.7 Å². The van der Waals surface area contributed by atoms with E-state index in [1.54, 1.807) is 12.1 Å². The molecule has 272 valence electrons. The Labute approximate surface area is 337 Å². The number of aryl methyl sites for hydroxylation is 1. The zero-order chi connectivity index (χ0) is 38.7. The first-order valence-corrected chi connectivity index (χ1v) is 19.9. The highest BCUT2D eigenvalue weighted by atomic mass is 19.1. The summed E-state index contributed by atoms with van der Waals surface area (Å²) in [5.41, 5.74) is 12.8. The summed E-state index contributed by atoms with van der Waals surface area (Å²) in [4.78, 5) is 0. The van der Waals surface area contributed by atoms with Crippen molar-refractivity contribution in [1.82, 2.24) is 0 Å². The molecule has 0 amide bonds. The normalized spacial score (nSPS) is 11.6. The molecule has 0 fully saturated rings. The van der Waals surface area contributed by atoms with Crippen LogP contribution in [0.25, 0.3) is 109 Å². The Morgan fingerprint density at radius 2 is 0.672 bits per heavy atom. The molecular weight excluding hydrogens is 704 g/mol. The van der Waals surface area contributed by atoms with Gasteiger partial charge in [-0.2, -0.15) is 0 Å². The smallest absolute Gasteiger partial charge is 0.123 e. The van der Waals surface area contributed by atoms with E-state index in [4.69, 9.17) is 0 Å². The van der Waals surface area contributed by atoms with E-state index in [2.05, 4.69) is 195 Å². The van der Waals surface area contributed by atoms with Crippen LogP contribution < -0.4 is 0 Å². The van der Waals surface area contributed by atoms with Crippen LogP contribution in [0.5, 0.6) is 0 Å². The second kappa shape index (κ2) is 13.7. The van der Waals surface area contributed by atoms with Gasteiger partial charge in [0.05, 0.1) is 0 Å². The van der Waals surface area contributed by atoms with Crippen LogP contribution in [0.4, 0.5) is 4.39 Å². The zero-order valence-corrected chi connectivity index (χ0v) is 32.0. The van der Waals surface area contributed by atoms with Crippen LogP contribution in [0.3, 0.4) is 0 Å². The quantitative estimate of drug-likeness (QED) is 0.154. The molecule has 11 rings (SSSR count). The van der Waals surface area contributed by atoms with Crippen LogP contribution in [-0.4, -0.2) is 0 Å². The first kappa shape index (κ1) is 33.9. The second-order valence-electron chi connectivity index (χ2n) is 15.4. The minimum absolute atomic E-state index is 0.241. The lowest BCUT2D eigenvalue weighted by atomic mass is 9.83. The van der Waals surface area contributed by atoms with Crippen LogP contribution in [-0.2, 0) is 0 Å². The van der Waals surface area contributed by atoms with Crippen molar-refractivity contribution in [2.24, 2.45) is 0 Å². The maximum absolute atomic E-state index is 15.3. The average Bonchev–Trinajstić information content (AvgIpc) is 3.27. The highest BCUT2D eigenvalue weighted by molar-refractivity contribution is 6.23. The summed E-state index contributed by atoms with van der Waals surface area (Å²) >= 11 is 0.